The summed E-state index contributed by atoms with van der Waals surface area (Å²) in [5, 5.41) is 0. The standard InChI is InChI=1S/C22H22FN5O/c1-28-10-8-26-19(14-28)21(22(24)15-2-4-17(23)5-3-15)16-6-7-25-18(12-16)13-20-27-9-11-29-20/h2-7,9,11-12H,8,10,13-14,24H2,1H3. The van der Waals surface area contributed by atoms with Gasteiger partial charge in [0.1, 0.15) is 12.1 Å². The molecule has 0 amide bonds. The molecule has 1 aromatic carbocycles. The number of nitrogens with zero attached hydrogens (tertiary/aromatic N) is 4. The van der Waals surface area contributed by atoms with Gasteiger partial charge < -0.3 is 10.2 Å². The van der Waals surface area contributed by atoms with Gasteiger partial charge in [-0.25, -0.2) is 9.37 Å². The van der Waals surface area contributed by atoms with Crippen LogP contribution in [0.4, 0.5) is 4.39 Å². The van der Waals surface area contributed by atoms with Crippen LogP contribution < -0.4 is 5.73 Å². The average molecular weight is 391 g/mol. The van der Waals surface area contributed by atoms with Crippen LogP contribution in [-0.4, -0.2) is 47.3 Å². The number of nitrogens with two attached hydrogens (primary N) is 1. The Bertz CT molecular complexity index is 1040. The van der Waals surface area contributed by atoms with Crippen LogP contribution in [0.3, 0.4) is 0 Å². The lowest BCUT2D eigenvalue weighted by atomic mass is 9.94. The fourth-order valence-electron chi connectivity index (χ4n) is 3.38. The van der Waals surface area contributed by atoms with E-state index < -0.39 is 0 Å². The molecule has 0 saturated carbocycles. The second kappa shape index (κ2) is 8.36. The van der Waals surface area contributed by atoms with E-state index >= 15 is 0 Å². The number of oxazole rings is 1. The zero-order valence-corrected chi connectivity index (χ0v) is 16.2. The predicted octanol–water partition coefficient (Wildman–Crippen LogP) is 3.01. The second-order valence-corrected chi connectivity index (χ2v) is 7.00. The highest BCUT2D eigenvalue weighted by atomic mass is 19.1. The Hall–Kier alpha value is -3.32. The Morgan fingerprint density at radius 2 is 1.97 bits per heavy atom. The highest BCUT2D eigenvalue weighted by Gasteiger charge is 2.20. The van der Waals surface area contributed by atoms with E-state index in [1.807, 2.05) is 12.1 Å². The quantitative estimate of drug-likeness (QED) is 0.723. The van der Waals surface area contributed by atoms with Crippen molar-refractivity contribution in [3.8, 4) is 0 Å². The van der Waals surface area contributed by atoms with Crippen molar-refractivity contribution in [2.24, 2.45) is 10.7 Å². The summed E-state index contributed by atoms with van der Waals surface area (Å²) in [6, 6.07) is 10.1. The Morgan fingerprint density at radius 3 is 2.69 bits per heavy atom. The van der Waals surface area contributed by atoms with Gasteiger partial charge in [-0.2, -0.15) is 0 Å². The van der Waals surface area contributed by atoms with Crippen LogP contribution in [0, 0.1) is 5.82 Å². The molecule has 0 atom stereocenters. The normalized spacial score (nSPS) is 15.7. The van der Waals surface area contributed by atoms with E-state index in [9.17, 15) is 4.39 Å². The zero-order chi connectivity index (χ0) is 20.2. The van der Waals surface area contributed by atoms with E-state index in [2.05, 4.69) is 21.9 Å². The Balaban J connectivity index is 1.79. The van der Waals surface area contributed by atoms with Gasteiger partial charge >= 0.3 is 0 Å². The first kappa shape index (κ1) is 19.0. The Labute approximate surface area is 168 Å². The third-order valence-electron chi connectivity index (χ3n) is 4.84. The molecule has 1 aliphatic heterocycles. The van der Waals surface area contributed by atoms with E-state index in [0.717, 1.165) is 34.7 Å². The number of aromatic nitrogens is 2. The van der Waals surface area contributed by atoms with Gasteiger partial charge in [0.25, 0.3) is 0 Å². The molecule has 6 nitrogen and oxygen atoms in total. The lowest BCUT2D eigenvalue weighted by Crippen LogP contribution is -2.34. The van der Waals surface area contributed by atoms with Gasteiger partial charge in [0, 0.05) is 30.6 Å². The lowest BCUT2D eigenvalue weighted by molar-refractivity contribution is 0.380. The summed E-state index contributed by atoms with van der Waals surface area (Å²) in [5.41, 5.74) is 11.4. The minimum absolute atomic E-state index is 0.296. The van der Waals surface area contributed by atoms with Crippen LogP contribution >= 0.6 is 0 Å². The van der Waals surface area contributed by atoms with Crippen LogP contribution in [0.15, 0.2) is 64.5 Å². The minimum Gasteiger partial charge on any atom is -0.449 e. The molecule has 0 spiro atoms. The topological polar surface area (TPSA) is 80.5 Å². The molecule has 0 fully saturated rings. The van der Waals surface area contributed by atoms with Gasteiger partial charge in [-0.15, -0.1) is 0 Å². The van der Waals surface area contributed by atoms with Gasteiger partial charge in [-0.1, -0.05) is 0 Å². The number of hydrogen-bond donors (Lipinski definition) is 1. The zero-order valence-electron chi connectivity index (χ0n) is 16.2. The highest BCUT2D eigenvalue weighted by Crippen LogP contribution is 2.27. The van der Waals surface area contributed by atoms with Crippen molar-refractivity contribution < 1.29 is 8.81 Å². The van der Waals surface area contributed by atoms with Crippen LogP contribution in [0.5, 0.6) is 0 Å². The summed E-state index contributed by atoms with van der Waals surface area (Å²) in [5.74, 6) is 0.302. The van der Waals surface area contributed by atoms with E-state index in [4.69, 9.17) is 15.1 Å². The fraction of sp³-hybridized carbons (Fsp3) is 0.227. The summed E-state index contributed by atoms with van der Waals surface area (Å²) in [6.45, 7) is 2.30. The molecule has 1 aliphatic rings. The Morgan fingerprint density at radius 1 is 1.14 bits per heavy atom. The highest BCUT2D eigenvalue weighted by molar-refractivity contribution is 6.31. The number of hydrogen-bond acceptors (Lipinski definition) is 6. The molecule has 3 aromatic rings. The van der Waals surface area contributed by atoms with Gasteiger partial charge in [0.2, 0.25) is 0 Å². The predicted molar refractivity (Wildman–Crippen MR) is 111 cm³/mol. The third kappa shape index (κ3) is 4.41. The van der Waals surface area contributed by atoms with E-state index in [0.29, 0.717) is 31.1 Å². The smallest absolute Gasteiger partial charge is 0.199 e. The van der Waals surface area contributed by atoms with Crippen molar-refractivity contribution in [2.45, 2.75) is 6.42 Å². The van der Waals surface area contributed by atoms with Crippen molar-refractivity contribution in [2.75, 3.05) is 26.7 Å². The van der Waals surface area contributed by atoms with Crippen LogP contribution in [0.25, 0.3) is 11.3 Å². The van der Waals surface area contributed by atoms with Gasteiger partial charge in [0.15, 0.2) is 5.89 Å². The number of rotatable bonds is 5. The van der Waals surface area contributed by atoms with Gasteiger partial charge in [0.05, 0.1) is 30.6 Å². The maximum atomic E-state index is 13.4. The molecule has 3 heterocycles. The SMILES string of the molecule is CN1CCN=C(C(=C(N)c2ccc(F)cc2)c2ccnc(Cc3ncco3)c2)C1. The number of pyridine rings is 1. The molecule has 7 heteroatoms. The molecule has 2 aromatic heterocycles. The van der Waals surface area contributed by atoms with Crippen molar-refractivity contribution >= 4 is 17.0 Å². The van der Waals surface area contributed by atoms with Gasteiger partial charge in [-0.05, 0) is 54.6 Å². The summed E-state index contributed by atoms with van der Waals surface area (Å²) in [6.07, 6.45) is 5.39. The summed E-state index contributed by atoms with van der Waals surface area (Å²) >= 11 is 0. The number of halogens is 1. The molecular formula is C22H22FN5O. The van der Waals surface area contributed by atoms with Crippen LogP contribution in [0.1, 0.15) is 22.7 Å². The molecule has 4 rings (SSSR count). The summed E-state index contributed by atoms with van der Waals surface area (Å²) in [7, 11) is 2.06. The average Bonchev–Trinajstić information content (AvgIpc) is 3.22. The molecule has 0 unspecified atom stereocenters. The van der Waals surface area contributed by atoms with Crippen molar-refractivity contribution in [3.63, 3.8) is 0 Å². The molecular weight excluding hydrogens is 369 g/mol. The number of likely N-dealkylation sites (N-methyl/N-ethyl adjacent to an activating group) is 1. The molecule has 148 valence electrons. The maximum absolute atomic E-state index is 13.4. The first-order valence-corrected chi connectivity index (χ1v) is 9.42. The molecule has 0 aliphatic carbocycles. The minimum atomic E-state index is -0.296. The van der Waals surface area contributed by atoms with Crippen molar-refractivity contribution in [1.82, 2.24) is 14.9 Å². The first-order chi connectivity index (χ1) is 14.1. The second-order valence-electron chi connectivity index (χ2n) is 7.00. The molecule has 0 bridgehead atoms. The Kier molecular flexibility index (Phi) is 5.48. The summed E-state index contributed by atoms with van der Waals surface area (Å²) in [4.78, 5) is 15.5. The van der Waals surface area contributed by atoms with Crippen molar-refractivity contribution in [1.29, 1.82) is 0 Å². The summed E-state index contributed by atoms with van der Waals surface area (Å²) < 4.78 is 18.7. The maximum Gasteiger partial charge on any atom is 0.199 e. The van der Waals surface area contributed by atoms with E-state index in [1.165, 1.54) is 12.1 Å². The fourth-order valence-corrected chi connectivity index (χ4v) is 3.38. The first-order valence-electron chi connectivity index (χ1n) is 9.42. The van der Waals surface area contributed by atoms with Crippen LogP contribution in [0.2, 0.25) is 0 Å². The largest absolute Gasteiger partial charge is 0.449 e. The number of aliphatic imine (C=N–C) groups is 1. The molecule has 29 heavy (non-hydrogen) atoms. The lowest BCUT2D eigenvalue weighted by Gasteiger charge is -2.25. The molecule has 0 radical (unpaired) electrons. The molecule has 0 saturated heterocycles. The van der Waals surface area contributed by atoms with E-state index in [-0.39, 0.29) is 5.82 Å². The van der Waals surface area contributed by atoms with Crippen LogP contribution in [-0.2, 0) is 6.42 Å². The number of benzene rings is 1. The van der Waals surface area contributed by atoms with E-state index in [1.54, 1.807) is 30.8 Å². The van der Waals surface area contributed by atoms with Gasteiger partial charge in [-0.3, -0.25) is 14.9 Å². The van der Waals surface area contributed by atoms with Crippen molar-refractivity contribution in [3.05, 3.63) is 83.6 Å². The third-order valence-corrected chi connectivity index (χ3v) is 4.84. The monoisotopic (exact) mass is 391 g/mol. The molecule has 2 N–H and O–H groups in total.